The lowest BCUT2D eigenvalue weighted by molar-refractivity contribution is 0.0499. The van der Waals surface area contributed by atoms with Crippen LogP contribution < -0.4 is 9.46 Å². The van der Waals surface area contributed by atoms with Gasteiger partial charge in [0.2, 0.25) is 11.6 Å². The number of hydrogen-bond donors (Lipinski definition) is 1. The molecule has 1 aliphatic heterocycles. The van der Waals surface area contributed by atoms with Crippen LogP contribution in [0.4, 0.5) is 5.69 Å². The van der Waals surface area contributed by atoms with Crippen LogP contribution in [0.2, 0.25) is 0 Å². The topological polar surface area (TPSA) is 102 Å². The molecule has 1 heterocycles. The molecule has 4 rings (SSSR count). The minimum absolute atomic E-state index is 0.0783. The predicted molar refractivity (Wildman–Crippen MR) is 110 cm³/mol. The molecule has 1 saturated heterocycles. The Hall–Kier alpha value is -3.17. The fourth-order valence-corrected chi connectivity index (χ4v) is 4.91. The van der Waals surface area contributed by atoms with Crippen LogP contribution in [0.15, 0.2) is 59.1 Å². The van der Waals surface area contributed by atoms with Gasteiger partial charge >= 0.3 is 0 Å². The van der Waals surface area contributed by atoms with Gasteiger partial charge in [0.1, 0.15) is 11.4 Å². The Morgan fingerprint density at radius 1 is 0.933 bits per heavy atom. The third-order valence-electron chi connectivity index (χ3n) is 4.99. The van der Waals surface area contributed by atoms with Crippen molar-refractivity contribution in [3.05, 3.63) is 70.3 Å². The molecular formula is C21H20N2O6S. The Kier molecular flexibility index (Phi) is 5.31. The molecular weight excluding hydrogens is 408 g/mol. The van der Waals surface area contributed by atoms with E-state index in [-0.39, 0.29) is 22.5 Å². The zero-order chi connectivity index (χ0) is 21.3. The zero-order valence-corrected chi connectivity index (χ0v) is 17.1. The van der Waals surface area contributed by atoms with Gasteiger partial charge in [0.15, 0.2) is 4.91 Å². The van der Waals surface area contributed by atoms with Crippen LogP contribution in [0.3, 0.4) is 0 Å². The van der Waals surface area contributed by atoms with E-state index in [1.165, 1.54) is 31.4 Å². The summed E-state index contributed by atoms with van der Waals surface area (Å²) >= 11 is 0. The fourth-order valence-electron chi connectivity index (χ4n) is 3.53. The first-order valence-electron chi connectivity index (χ1n) is 9.34. The Morgan fingerprint density at radius 2 is 1.53 bits per heavy atom. The number of fused-ring (bicyclic) bond motifs is 1. The van der Waals surface area contributed by atoms with Crippen molar-refractivity contribution < 1.29 is 27.5 Å². The van der Waals surface area contributed by atoms with Gasteiger partial charge in [0.25, 0.3) is 10.0 Å². The number of nitrogens with one attached hydrogen (secondary N) is 1. The third kappa shape index (κ3) is 3.57. The second-order valence-electron chi connectivity index (χ2n) is 6.81. The maximum atomic E-state index is 13.3. The van der Waals surface area contributed by atoms with Crippen LogP contribution in [0.1, 0.15) is 20.7 Å². The number of carbonyl (C=O) groups is 2. The lowest BCUT2D eigenvalue weighted by Gasteiger charge is -2.33. The van der Waals surface area contributed by atoms with Crippen molar-refractivity contribution in [2.75, 3.05) is 38.1 Å². The number of hydrogen-bond acceptors (Lipinski definition) is 7. The molecule has 30 heavy (non-hydrogen) atoms. The van der Waals surface area contributed by atoms with Crippen molar-refractivity contribution in [2.45, 2.75) is 0 Å². The Labute approximate surface area is 174 Å². The average molecular weight is 428 g/mol. The average Bonchev–Trinajstić information content (AvgIpc) is 2.77. The summed E-state index contributed by atoms with van der Waals surface area (Å²) in [6, 6.07) is 12.5. The van der Waals surface area contributed by atoms with Crippen LogP contribution in [0.5, 0.6) is 5.75 Å². The summed E-state index contributed by atoms with van der Waals surface area (Å²) < 4.78 is 39.4. The van der Waals surface area contributed by atoms with Crippen LogP contribution in [0, 0.1) is 0 Å². The van der Waals surface area contributed by atoms with Gasteiger partial charge in [0.05, 0.1) is 20.3 Å². The number of sulfonamides is 1. The number of carbonyl (C=O) groups excluding carboxylic acids is 2. The normalized spacial score (nSPS) is 17.0. The highest BCUT2D eigenvalue weighted by molar-refractivity contribution is 7.97. The van der Waals surface area contributed by atoms with Gasteiger partial charge in [-0.25, -0.2) is 8.42 Å². The van der Waals surface area contributed by atoms with E-state index < -0.39 is 26.5 Å². The summed E-state index contributed by atoms with van der Waals surface area (Å²) in [4.78, 5) is 27.6. The summed E-state index contributed by atoms with van der Waals surface area (Å²) in [6.45, 7) is 1.31. The molecule has 0 radical (unpaired) electrons. The lowest BCUT2D eigenvalue weighted by atomic mass is 9.91. The molecule has 0 saturated carbocycles. The molecule has 0 aromatic heterocycles. The van der Waals surface area contributed by atoms with Crippen molar-refractivity contribution >= 4 is 27.3 Å². The van der Waals surface area contributed by atoms with E-state index in [1.807, 2.05) is 0 Å². The van der Waals surface area contributed by atoms with Crippen molar-refractivity contribution in [2.24, 2.45) is 0 Å². The monoisotopic (exact) mass is 428 g/mol. The van der Waals surface area contributed by atoms with Crippen molar-refractivity contribution in [3.63, 3.8) is 0 Å². The number of methoxy groups -OCH3 is 1. The molecule has 0 spiro atoms. The molecule has 8 nitrogen and oxygen atoms in total. The van der Waals surface area contributed by atoms with Gasteiger partial charge in [-0.15, -0.1) is 0 Å². The molecule has 0 bridgehead atoms. The van der Waals surface area contributed by atoms with E-state index in [0.29, 0.717) is 32.1 Å². The van der Waals surface area contributed by atoms with E-state index >= 15 is 0 Å². The molecule has 2 aliphatic rings. The number of ketones is 2. The predicted octanol–water partition coefficient (Wildman–Crippen LogP) is 2.06. The van der Waals surface area contributed by atoms with Gasteiger partial charge in [-0.05, 0) is 24.3 Å². The quantitative estimate of drug-likeness (QED) is 0.778. The van der Waals surface area contributed by atoms with E-state index in [2.05, 4.69) is 4.72 Å². The lowest BCUT2D eigenvalue weighted by Crippen LogP contribution is -2.43. The maximum Gasteiger partial charge on any atom is 0.268 e. The zero-order valence-electron chi connectivity index (χ0n) is 16.3. The highest BCUT2D eigenvalue weighted by Gasteiger charge is 2.41. The summed E-state index contributed by atoms with van der Waals surface area (Å²) in [5.41, 5.74) is 0.425. The Bertz CT molecular complexity index is 1130. The number of nitrogens with zero attached hydrogens (tertiary/aromatic N) is 1. The minimum atomic E-state index is -4.34. The highest BCUT2D eigenvalue weighted by Crippen LogP contribution is 2.32. The van der Waals surface area contributed by atoms with Crippen LogP contribution in [-0.2, 0) is 14.8 Å². The molecule has 0 unspecified atom stereocenters. The van der Waals surface area contributed by atoms with Crippen molar-refractivity contribution in [1.29, 1.82) is 0 Å². The molecule has 0 amide bonds. The first-order valence-corrected chi connectivity index (χ1v) is 10.8. The number of morpholine rings is 1. The second-order valence-corrected chi connectivity index (χ2v) is 8.43. The van der Waals surface area contributed by atoms with Gasteiger partial charge < -0.3 is 14.4 Å². The standard InChI is InChI=1S/C21H20N2O6S/c1-28-15-8-6-14(7-9-15)22-30(26,27)21-18(23-10-12-29-13-11-23)19(24)16-4-2-3-5-17(16)20(21)25/h2-9,22H,10-13H2,1H3. The van der Waals surface area contributed by atoms with E-state index in [1.54, 1.807) is 29.2 Å². The fraction of sp³-hybridized carbons (Fsp3) is 0.238. The molecule has 2 aromatic rings. The Morgan fingerprint density at radius 3 is 2.13 bits per heavy atom. The largest absolute Gasteiger partial charge is 0.497 e. The van der Waals surface area contributed by atoms with Crippen LogP contribution in [-0.4, -0.2) is 58.3 Å². The molecule has 9 heteroatoms. The number of benzene rings is 2. The van der Waals surface area contributed by atoms with E-state index in [4.69, 9.17) is 9.47 Å². The second kappa shape index (κ2) is 7.92. The summed E-state index contributed by atoms with van der Waals surface area (Å²) in [7, 11) is -2.84. The number of Topliss-reactive ketones (excluding diaryl/α,β-unsaturated/α-hetero) is 2. The maximum absolute atomic E-state index is 13.3. The Balaban J connectivity index is 1.82. The molecule has 0 atom stereocenters. The molecule has 1 fully saturated rings. The smallest absolute Gasteiger partial charge is 0.268 e. The van der Waals surface area contributed by atoms with Gasteiger partial charge in [-0.1, -0.05) is 24.3 Å². The number of anilines is 1. The van der Waals surface area contributed by atoms with Crippen molar-refractivity contribution in [1.82, 2.24) is 4.90 Å². The summed E-state index contributed by atoms with van der Waals surface area (Å²) in [6.07, 6.45) is 0. The summed E-state index contributed by atoms with van der Waals surface area (Å²) in [5.74, 6) is -0.626. The van der Waals surface area contributed by atoms with Gasteiger partial charge in [0, 0.05) is 29.9 Å². The molecule has 1 aliphatic carbocycles. The third-order valence-corrected chi connectivity index (χ3v) is 6.41. The highest BCUT2D eigenvalue weighted by atomic mass is 32.2. The first-order chi connectivity index (χ1) is 14.4. The molecule has 2 aromatic carbocycles. The van der Waals surface area contributed by atoms with E-state index in [9.17, 15) is 18.0 Å². The van der Waals surface area contributed by atoms with Crippen LogP contribution >= 0.6 is 0 Å². The summed E-state index contributed by atoms with van der Waals surface area (Å²) in [5, 5.41) is 0. The van der Waals surface area contributed by atoms with Crippen LogP contribution in [0.25, 0.3) is 0 Å². The first kappa shape index (κ1) is 20.1. The van der Waals surface area contributed by atoms with Gasteiger partial charge in [-0.3, -0.25) is 14.3 Å². The molecule has 156 valence electrons. The van der Waals surface area contributed by atoms with Crippen molar-refractivity contribution in [3.8, 4) is 5.75 Å². The number of allylic oxidation sites excluding steroid dienone is 2. The van der Waals surface area contributed by atoms with E-state index in [0.717, 1.165) is 0 Å². The minimum Gasteiger partial charge on any atom is -0.497 e. The molecule has 1 N–H and O–H groups in total. The number of ether oxygens (including phenoxy) is 2. The van der Waals surface area contributed by atoms with Gasteiger partial charge in [-0.2, -0.15) is 0 Å². The SMILES string of the molecule is COc1ccc(NS(=O)(=O)C2=C(N3CCOCC3)C(=O)c3ccccc3C2=O)cc1. The number of rotatable bonds is 5.